The molecule has 0 aromatic carbocycles. The van der Waals surface area contributed by atoms with Gasteiger partial charge in [-0.25, -0.2) is 22.0 Å². The van der Waals surface area contributed by atoms with E-state index in [0.717, 1.165) is 11.8 Å². The van der Waals surface area contributed by atoms with Crippen molar-refractivity contribution in [1.82, 2.24) is 9.62 Å². The average Bonchev–Trinajstić information content (AvgIpc) is 2.87. The fourth-order valence-corrected chi connectivity index (χ4v) is 7.46. The first-order valence-electron chi connectivity index (χ1n) is 6.85. The molecular formula is C11H21N3O5S3. The third kappa shape index (κ3) is 3.50. The van der Waals surface area contributed by atoms with Gasteiger partial charge in [0.2, 0.25) is 20.0 Å². The van der Waals surface area contributed by atoms with Gasteiger partial charge in [0.15, 0.2) is 0 Å². The first-order chi connectivity index (χ1) is 10.2. The van der Waals surface area contributed by atoms with E-state index in [1.54, 1.807) is 0 Å². The number of nitrogens with zero attached hydrogens (tertiary/aromatic N) is 1. The third-order valence-electron chi connectivity index (χ3n) is 3.63. The highest BCUT2D eigenvalue weighted by molar-refractivity contribution is 8.24. The Morgan fingerprint density at radius 1 is 1.50 bits per heavy atom. The maximum atomic E-state index is 12.7. The zero-order chi connectivity index (χ0) is 16.5. The molecule has 2 aliphatic heterocycles. The van der Waals surface area contributed by atoms with E-state index in [1.165, 1.54) is 11.4 Å². The van der Waals surface area contributed by atoms with Gasteiger partial charge in [0.25, 0.3) is 0 Å². The predicted octanol–water partition coefficient (Wildman–Crippen LogP) is -0.781. The average molecular weight is 372 g/mol. The van der Waals surface area contributed by atoms with E-state index in [-0.39, 0.29) is 36.4 Å². The van der Waals surface area contributed by atoms with Crippen LogP contribution in [-0.4, -0.2) is 65.1 Å². The van der Waals surface area contributed by atoms with Gasteiger partial charge in [-0.3, -0.25) is 0 Å². The molecule has 2 rings (SSSR count). The van der Waals surface area contributed by atoms with Crippen molar-refractivity contribution in [3.63, 3.8) is 0 Å². The summed E-state index contributed by atoms with van der Waals surface area (Å²) in [7, 11) is -5.98. The second-order valence-corrected chi connectivity index (χ2v) is 10.5. The second-order valence-electron chi connectivity index (χ2n) is 5.12. The molecule has 0 radical (unpaired) electrons. The third-order valence-corrected chi connectivity index (χ3v) is 9.19. The van der Waals surface area contributed by atoms with Gasteiger partial charge in [0.1, 0.15) is 8.82 Å². The zero-order valence-electron chi connectivity index (χ0n) is 12.5. The van der Waals surface area contributed by atoms with Gasteiger partial charge in [-0.15, -0.1) is 0 Å². The maximum absolute atomic E-state index is 12.7. The van der Waals surface area contributed by atoms with Crippen LogP contribution in [-0.2, 0) is 24.8 Å². The van der Waals surface area contributed by atoms with Crippen LogP contribution in [0, 0.1) is 0 Å². The molecule has 0 saturated carbocycles. The molecule has 8 nitrogen and oxygen atoms in total. The first-order valence-corrected chi connectivity index (χ1v) is 10.8. The summed E-state index contributed by atoms with van der Waals surface area (Å²) in [5, 5.41) is 8.41. The Kier molecular flexibility index (Phi) is 5.58. The SMILES string of the molecule is CCN[C@H]1CN(CCOC)S(=O)(=O)C2=C1CC(S(N)(=O)=O)S2. The molecule has 0 aliphatic carbocycles. The fourth-order valence-electron chi connectivity index (χ4n) is 2.56. The summed E-state index contributed by atoms with van der Waals surface area (Å²) in [5.41, 5.74) is 0.625. The molecule has 0 aromatic rings. The van der Waals surface area contributed by atoms with Crippen LogP contribution in [0.2, 0.25) is 0 Å². The topological polar surface area (TPSA) is 119 Å². The van der Waals surface area contributed by atoms with Crippen molar-refractivity contribution >= 4 is 31.8 Å². The highest BCUT2D eigenvalue weighted by atomic mass is 32.3. The molecule has 3 N–H and O–H groups in total. The van der Waals surface area contributed by atoms with Crippen LogP contribution < -0.4 is 10.5 Å². The molecule has 0 fully saturated rings. The van der Waals surface area contributed by atoms with Crippen LogP contribution in [0.3, 0.4) is 0 Å². The van der Waals surface area contributed by atoms with E-state index >= 15 is 0 Å². The van der Waals surface area contributed by atoms with E-state index in [1.807, 2.05) is 6.92 Å². The van der Waals surface area contributed by atoms with Crippen LogP contribution in [0.1, 0.15) is 13.3 Å². The minimum absolute atomic E-state index is 0.125. The lowest BCUT2D eigenvalue weighted by Gasteiger charge is -2.33. The van der Waals surface area contributed by atoms with Crippen molar-refractivity contribution in [3.05, 3.63) is 9.81 Å². The van der Waals surface area contributed by atoms with Crippen molar-refractivity contribution in [3.8, 4) is 0 Å². The van der Waals surface area contributed by atoms with Crippen LogP contribution in [0.25, 0.3) is 0 Å². The molecule has 2 aliphatic rings. The minimum atomic E-state index is -3.80. The highest BCUT2D eigenvalue weighted by Crippen LogP contribution is 2.47. The summed E-state index contributed by atoms with van der Waals surface area (Å²) in [6.45, 7) is 3.37. The molecule has 0 aromatic heterocycles. The molecule has 128 valence electrons. The van der Waals surface area contributed by atoms with Gasteiger partial charge in [-0.05, 0) is 18.5 Å². The molecule has 0 amide bonds. The van der Waals surface area contributed by atoms with E-state index in [2.05, 4.69) is 5.32 Å². The summed E-state index contributed by atoms with van der Waals surface area (Å²) in [6.07, 6.45) is 0.147. The summed E-state index contributed by atoms with van der Waals surface area (Å²) in [6, 6.07) is -0.195. The molecule has 0 bridgehead atoms. The number of hydrogen-bond acceptors (Lipinski definition) is 7. The Morgan fingerprint density at radius 3 is 2.73 bits per heavy atom. The molecule has 11 heteroatoms. The second kappa shape index (κ2) is 6.75. The van der Waals surface area contributed by atoms with Crippen LogP contribution in [0.15, 0.2) is 9.81 Å². The Bertz CT molecular complexity index is 658. The molecule has 2 atom stereocenters. The zero-order valence-corrected chi connectivity index (χ0v) is 14.9. The monoisotopic (exact) mass is 371 g/mol. The largest absolute Gasteiger partial charge is 0.383 e. The minimum Gasteiger partial charge on any atom is -0.383 e. The number of nitrogens with one attached hydrogen (secondary N) is 1. The van der Waals surface area contributed by atoms with Gasteiger partial charge in [0.05, 0.1) is 6.61 Å². The standard InChI is InChI=1S/C11H21N3O5S3/c1-3-13-9-7-14(4-5-19-2)22(17,18)11-8(9)6-10(20-11)21(12,15)16/h9-10,13H,3-7H2,1-2H3,(H2,12,15,16)/t9-,10?/m0/s1. The molecule has 0 saturated heterocycles. The summed E-state index contributed by atoms with van der Waals surface area (Å²) in [4.78, 5) is 0. The fraction of sp³-hybridized carbons (Fsp3) is 0.818. The number of thioether (sulfide) groups is 1. The maximum Gasteiger partial charge on any atom is 0.249 e. The van der Waals surface area contributed by atoms with Crippen molar-refractivity contribution < 1.29 is 21.6 Å². The Balaban J connectivity index is 2.36. The Hall–Kier alpha value is -0.170. The summed E-state index contributed by atoms with van der Waals surface area (Å²) < 4.78 is 54.0. The van der Waals surface area contributed by atoms with Crippen LogP contribution in [0.4, 0.5) is 0 Å². The summed E-state index contributed by atoms with van der Waals surface area (Å²) in [5.74, 6) is 0. The van der Waals surface area contributed by atoms with Crippen LogP contribution >= 0.6 is 11.8 Å². The number of nitrogens with two attached hydrogens (primary N) is 1. The number of rotatable bonds is 6. The Morgan fingerprint density at radius 2 is 2.18 bits per heavy atom. The van der Waals surface area contributed by atoms with E-state index < -0.39 is 24.6 Å². The smallest absolute Gasteiger partial charge is 0.249 e. The number of primary sulfonamides is 1. The van der Waals surface area contributed by atoms with E-state index in [4.69, 9.17) is 9.88 Å². The normalized spacial score (nSPS) is 28.9. The number of ether oxygens (including phenoxy) is 1. The van der Waals surface area contributed by atoms with Crippen molar-refractivity contribution in [2.45, 2.75) is 24.0 Å². The van der Waals surface area contributed by atoms with Crippen molar-refractivity contribution in [1.29, 1.82) is 0 Å². The van der Waals surface area contributed by atoms with Gasteiger partial charge in [-0.2, -0.15) is 4.31 Å². The highest BCUT2D eigenvalue weighted by Gasteiger charge is 2.46. The quantitative estimate of drug-likeness (QED) is 0.628. The summed E-state index contributed by atoms with van der Waals surface area (Å²) >= 11 is 0.832. The number of likely N-dealkylation sites (N-methyl/N-ethyl adjacent to an activating group) is 1. The number of sulfonamides is 2. The van der Waals surface area contributed by atoms with E-state index in [9.17, 15) is 16.8 Å². The Labute approximate surface area is 135 Å². The van der Waals surface area contributed by atoms with Gasteiger partial charge in [0, 0.05) is 26.2 Å². The molecule has 22 heavy (non-hydrogen) atoms. The van der Waals surface area contributed by atoms with Gasteiger partial charge in [-0.1, -0.05) is 18.7 Å². The van der Waals surface area contributed by atoms with Crippen LogP contribution in [0.5, 0.6) is 0 Å². The van der Waals surface area contributed by atoms with Crippen molar-refractivity contribution in [2.24, 2.45) is 5.14 Å². The van der Waals surface area contributed by atoms with Gasteiger partial charge >= 0.3 is 0 Å². The first kappa shape index (κ1) is 18.2. The number of methoxy groups -OCH3 is 1. The van der Waals surface area contributed by atoms with Crippen molar-refractivity contribution in [2.75, 3.05) is 33.4 Å². The van der Waals surface area contributed by atoms with E-state index in [0.29, 0.717) is 12.1 Å². The molecule has 0 spiro atoms. The molecule has 2 heterocycles. The predicted molar refractivity (Wildman–Crippen MR) is 86.0 cm³/mol. The lowest BCUT2D eigenvalue weighted by Crippen LogP contribution is -2.49. The lowest BCUT2D eigenvalue weighted by molar-refractivity contribution is 0.176. The lowest BCUT2D eigenvalue weighted by atomic mass is 10.1. The number of hydrogen-bond donors (Lipinski definition) is 2. The molecular weight excluding hydrogens is 350 g/mol. The molecule has 1 unspecified atom stereocenters. The van der Waals surface area contributed by atoms with Gasteiger partial charge < -0.3 is 10.1 Å².